The Hall–Kier alpha value is -2.92. The van der Waals surface area contributed by atoms with Crippen molar-refractivity contribution in [3.63, 3.8) is 0 Å². The zero-order chi connectivity index (χ0) is 18.7. The summed E-state index contributed by atoms with van der Waals surface area (Å²) >= 11 is 0. The first-order valence-corrected chi connectivity index (χ1v) is 9.80. The van der Waals surface area contributed by atoms with Crippen LogP contribution in [-0.4, -0.2) is 55.9 Å². The molecule has 0 radical (unpaired) electrons. The van der Waals surface area contributed by atoms with Gasteiger partial charge in [0.25, 0.3) is 5.91 Å². The molecule has 0 aliphatic carbocycles. The molecular formula is C18H17N3O4S. The maximum atomic E-state index is 12.7. The Bertz CT molecular complexity index is 982. The summed E-state index contributed by atoms with van der Waals surface area (Å²) < 4.78 is 28.2. The monoisotopic (exact) mass is 371 g/mol. The second-order valence-corrected chi connectivity index (χ2v) is 8.18. The highest BCUT2D eigenvalue weighted by Crippen LogP contribution is 2.29. The number of ether oxygens (including phenoxy) is 1. The van der Waals surface area contributed by atoms with E-state index in [9.17, 15) is 18.5 Å². The fourth-order valence-electron chi connectivity index (χ4n) is 2.86. The quantitative estimate of drug-likeness (QED) is 0.810. The van der Waals surface area contributed by atoms with Crippen molar-refractivity contribution in [2.45, 2.75) is 0 Å². The van der Waals surface area contributed by atoms with Crippen molar-refractivity contribution in [2.24, 2.45) is 0 Å². The van der Waals surface area contributed by atoms with E-state index in [1.165, 1.54) is 7.11 Å². The van der Waals surface area contributed by atoms with Gasteiger partial charge in [0.1, 0.15) is 11.6 Å². The molecule has 3 rings (SSSR count). The molecule has 26 heavy (non-hydrogen) atoms. The van der Waals surface area contributed by atoms with Gasteiger partial charge in [0, 0.05) is 30.4 Å². The van der Waals surface area contributed by atoms with Gasteiger partial charge in [0.15, 0.2) is 9.84 Å². The summed E-state index contributed by atoms with van der Waals surface area (Å²) in [4.78, 5) is 18.3. The van der Waals surface area contributed by atoms with Crippen LogP contribution in [0.25, 0.3) is 11.1 Å². The highest BCUT2D eigenvalue weighted by molar-refractivity contribution is 7.91. The largest absolute Gasteiger partial charge is 0.480 e. The molecule has 0 N–H and O–H groups in total. The topological polar surface area (TPSA) is 100 Å². The number of carbonyl (C=O) groups is 1. The number of carbonyl (C=O) groups excluding carboxylic acids is 1. The van der Waals surface area contributed by atoms with Crippen LogP contribution in [0.5, 0.6) is 5.88 Å². The minimum absolute atomic E-state index is 0.0153. The first-order chi connectivity index (χ1) is 12.4. The second kappa shape index (κ2) is 7.14. The van der Waals surface area contributed by atoms with E-state index in [1.54, 1.807) is 41.4 Å². The number of pyridine rings is 1. The summed E-state index contributed by atoms with van der Waals surface area (Å²) in [5.74, 6) is -0.0267. The number of benzene rings is 1. The summed E-state index contributed by atoms with van der Waals surface area (Å²) in [6, 6.07) is 10.7. The van der Waals surface area contributed by atoms with Crippen molar-refractivity contribution in [3.8, 4) is 23.1 Å². The fourth-order valence-corrected chi connectivity index (χ4v) is 4.07. The lowest BCUT2D eigenvalue weighted by molar-refractivity contribution is 0.0770. The number of sulfone groups is 1. The molecule has 0 spiro atoms. The van der Waals surface area contributed by atoms with E-state index >= 15 is 0 Å². The predicted octanol–water partition coefficient (Wildman–Crippen LogP) is 1.50. The molecule has 1 amide bonds. The minimum Gasteiger partial charge on any atom is -0.480 e. The Balaban J connectivity index is 1.93. The molecule has 7 nitrogen and oxygen atoms in total. The molecule has 1 aliphatic heterocycles. The third-order valence-electron chi connectivity index (χ3n) is 4.27. The molecule has 0 bridgehead atoms. The SMILES string of the molecule is COc1nccc(-c2cccc(C(=O)N3CCS(=O)(=O)CC3)c2)c1C#N. The van der Waals surface area contributed by atoms with Gasteiger partial charge >= 0.3 is 0 Å². The van der Waals surface area contributed by atoms with Crippen molar-refractivity contribution in [2.75, 3.05) is 31.7 Å². The van der Waals surface area contributed by atoms with E-state index in [0.717, 1.165) is 0 Å². The Morgan fingerprint density at radius 3 is 2.65 bits per heavy atom. The molecule has 2 heterocycles. The van der Waals surface area contributed by atoms with E-state index < -0.39 is 9.84 Å². The van der Waals surface area contributed by atoms with Gasteiger partial charge < -0.3 is 9.64 Å². The Labute approximate surface area is 151 Å². The van der Waals surface area contributed by atoms with E-state index in [1.807, 2.05) is 0 Å². The van der Waals surface area contributed by atoms with Gasteiger partial charge in [-0.05, 0) is 23.8 Å². The summed E-state index contributed by atoms with van der Waals surface area (Å²) in [7, 11) is -1.61. The molecule has 2 aromatic rings. The zero-order valence-corrected chi connectivity index (χ0v) is 15.0. The maximum Gasteiger partial charge on any atom is 0.253 e. The average molecular weight is 371 g/mol. The van der Waals surface area contributed by atoms with Gasteiger partial charge in [-0.2, -0.15) is 5.26 Å². The van der Waals surface area contributed by atoms with Crippen LogP contribution in [0.3, 0.4) is 0 Å². The summed E-state index contributed by atoms with van der Waals surface area (Å²) in [5.41, 5.74) is 2.05. The van der Waals surface area contributed by atoms with Gasteiger partial charge in [0.2, 0.25) is 5.88 Å². The average Bonchev–Trinajstić information content (AvgIpc) is 2.66. The van der Waals surface area contributed by atoms with Crippen LogP contribution in [0.4, 0.5) is 0 Å². The fraction of sp³-hybridized carbons (Fsp3) is 0.278. The second-order valence-electron chi connectivity index (χ2n) is 5.88. The lowest BCUT2D eigenvalue weighted by Gasteiger charge is -2.26. The van der Waals surface area contributed by atoms with Crippen molar-refractivity contribution < 1.29 is 17.9 Å². The van der Waals surface area contributed by atoms with Gasteiger partial charge in [-0.25, -0.2) is 13.4 Å². The van der Waals surface area contributed by atoms with Crippen LogP contribution in [0.15, 0.2) is 36.5 Å². The Morgan fingerprint density at radius 1 is 1.27 bits per heavy atom. The van der Waals surface area contributed by atoms with E-state index in [4.69, 9.17) is 4.74 Å². The van der Waals surface area contributed by atoms with Crippen molar-refractivity contribution in [1.29, 1.82) is 5.26 Å². The van der Waals surface area contributed by atoms with Gasteiger partial charge in [-0.15, -0.1) is 0 Å². The van der Waals surface area contributed by atoms with Crippen LogP contribution in [0, 0.1) is 11.3 Å². The Morgan fingerprint density at radius 2 is 2.00 bits per heavy atom. The molecule has 1 aromatic heterocycles. The molecule has 1 aliphatic rings. The molecule has 1 fully saturated rings. The first-order valence-electron chi connectivity index (χ1n) is 7.98. The highest BCUT2D eigenvalue weighted by Gasteiger charge is 2.26. The standard InChI is InChI=1S/C18H17N3O4S/c1-25-17-16(12-19)15(5-6-20-17)13-3-2-4-14(11-13)18(22)21-7-9-26(23,24)10-8-21/h2-6,11H,7-10H2,1H3. The molecule has 0 unspecified atom stereocenters. The molecule has 1 aromatic carbocycles. The number of methoxy groups -OCH3 is 1. The molecule has 1 saturated heterocycles. The lowest BCUT2D eigenvalue weighted by Crippen LogP contribution is -2.43. The molecule has 0 saturated carbocycles. The number of amides is 1. The van der Waals surface area contributed by atoms with E-state index in [0.29, 0.717) is 22.3 Å². The van der Waals surface area contributed by atoms with Crippen molar-refractivity contribution in [3.05, 3.63) is 47.7 Å². The van der Waals surface area contributed by atoms with E-state index in [2.05, 4.69) is 11.1 Å². The van der Waals surface area contributed by atoms with Crippen LogP contribution in [-0.2, 0) is 9.84 Å². The molecular weight excluding hydrogens is 354 g/mol. The predicted molar refractivity (Wildman–Crippen MR) is 95.5 cm³/mol. The lowest BCUT2D eigenvalue weighted by atomic mass is 9.99. The maximum absolute atomic E-state index is 12.7. The third kappa shape index (κ3) is 3.53. The van der Waals surface area contributed by atoms with Gasteiger partial charge in [-0.3, -0.25) is 4.79 Å². The number of aromatic nitrogens is 1. The molecule has 8 heteroatoms. The van der Waals surface area contributed by atoms with Crippen LogP contribution < -0.4 is 4.74 Å². The van der Waals surface area contributed by atoms with Crippen molar-refractivity contribution in [1.82, 2.24) is 9.88 Å². The number of rotatable bonds is 3. The van der Waals surface area contributed by atoms with Crippen LogP contribution >= 0.6 is 0 Å². The number of nitrogens with zero attached hydrogens (tertiary/aromatic N) is 3. The third-order valence-corrected chi connectivity index (χ3v) is 5.88. The van der Waals surface area contributed by atoms with Crippen LogP contribution in [0.2, 0.25) is 0 Å². The minimum atomic E-state index is -3.05. The normalized spacial score (nSPS) is 15.9. The number of hydrogen-bond donors (Lipinski definition) is 0. The summed E-state index contributed by atoms with van der Waals surface area (Å²) in [6.07, 6.45) is 1.54. The molecule has 134 valence electrons. The van der Waals surface area contributed by atoms with Crippen LogP contribution in [0.1, 0.15) is 15.9 Å². The Kier molecular flexibility index (Phi) is 4.91. The summed E-state index contributed by atoms with van der Waals surface area (Å²) in [5, 5.41) is 9.42. The number of nitriles is 1. The molecule has 0 atom stereocenters. The zero-order valence-electron chi connectivity index (χ0n) is 14.2. The summed E-state index contributed by atoms with van der Waals surface area (Å²) in [6.45, 7) is 0.385. The first kappa shape index (κ1) is 17.9. The number of hydrogen-bond acceptors (Lipinski definition) is 6. The van der Waals surface area contributed by atoms with E-state index in [-0.39, 0.29) is 36.4 Å². The highest BCUT2D eigenvalue weighted by atomic mass is 32.2. The van der Waals surface area contributed by atoms with Crippen molar-refractivity contribution >= 4 is 15.7 Å². The smallest absolute Gasteiger partial charge is 0.253 e. The van der Waals surface area contributed by atoms with Gasteiger partial charge in [0.05, 0.1) is 18.6 Å². The van der Waals surface area contributed by atoms with Gasteiger partial charge in [-0.1, -0.05) is 12.1 Å².